The predicted molar refractivity (Wildman–Crippen MR) is 248 cm³/mol. The molecule has 0 spiro atoms. The Labute approximate surface area is 389 Å². The number of carbonyl (C=O) groups is 5. The Morgan fingerprint density at radius 3 is 1.39 bits per heavy atom. The predicted octanol–water partition coefficient (Wildman–Crippen LogP) is 10.00. The molecule has 16 heteroatoms. The van der Waals surface area contributed by atoms with Crippen LogP contribution in [0.3, 0.4) is 0 Å². The van der Waals surface area contributed by atoms with E-state index in [1.54, 1.807) is 14.2 Å². The van der Waals surface area contributed by atoms with E-state index in [-0.39, 0.29) is 22.7 Å². The molecule has 4 heterocycles. The molecule has 6 aromatic rings. The number of cyclic esters (lactones) is 2. The third kappa shape index (κ3) is 11.3. The van der Waals surface area contributed by atoms with Crippen LogP contribution in [0.15, 0.2) is 121 Å². The number of aliphatic hydroxyl groups is 1. The highest BCUT2D eigenvalue weighted by Crippen LogP contribution is 2.44. The lowest BCUT2D eigenvalue weighted by atomic mass is 10.0. The molecule has 340 valence electrons. The Morgan fingerprint density at radius 2 is 1.00 bits per heavy atom. The van der Waals surface area contributed by atoms with E-state index in [4.69, 9.17) is 28.7 Å². The summed E-state index contributed by atoms with van der Waals surface area (Å²) >= 11 is 3.01. The van der Waals surface area contributed by atoms with Crippen LogP contribution in [0.25, 0.3) is 32.3 Å². The molecular weight excluding hydrogens is 885 g/mol. The summed E-state index contributed by atoms with van der Waals surface area (Å²) in [5.41, 5.74) is 4.65. The summed E-state index contributed by atoms with van der Waals surface area (Å²) in [6, 6.07) is 33.6. The standard InChI is InChI=1S/C24H21NO5S.C22H19NO4S.C4H6O3/c1-4-18-20(25-23(31-18)16-10-12-17(28-3)13-11-16)19-22(29-14(2)26)21(30-24(19)27)15-8-6-5-7-9-15;1-3-16-18(23-21(28-16)14-9-11-15(26-2)12-10-14)17-19(24)20(27-22(17)25)13-7-5-4-6-8-13;1-3(5)7-4(2)6/h5-13,21H,4H2,1-3H3;4-12,20,24H,3H2,1-2H3;1-2H3. The van der Waals surface area contributed by atoms with Crippen LogP contribution in [0.1, 0.15) is 79.1 Å². The number of hydrogen-bond acceptors (Lipinski definition) is 16. The first-order chi connectivity index (χ1) is 31.8. The molecule has 14 nitrogen and oxygen atoms in total. The van der Waals surface area contributed by atoms with E-state index in [0.29, 0.717) is 24.2 Å². The second kappa shape index (κ2) is 22.0. The molecule has 0 saturated heterocycles. The minimum atomic E-state index is -0.792. The molecular formula is C50H46N2O12S2. The van der Waals surface area contributed by atoms with Gasteiger partial charge in [-0.05, 0) is 61.4 Å². The van der Waals surface area contributed by atoms with Gasteiger partial charge in [-0.1, -0.05) is 74.5 Å². The van der Waals surface area contributed by atoms with E-state index >= 15 is 0 Å². The molecule has 0 saturated carbocycles. The van der Waals surface area contributed by atoms with Gasteiger partial charge in [-0.25, -0.2) is 19.6 Å². The molecule has 2 aromatic heterocycles. The average Bonchev–Trinajstić information content (AvgIpc) is 4.09. The first-order valence-electron chi connectivity index (χ1n) is 20.6. The van der Waals surface area contributed by atoms with Crippen LogP contribution in [0.4, 0.5) is 0 Å². The Hall–Kier alpha value is -7.43. The fraction of sp³-hybridized carbons (Fsp3) is 0.220. The highest BCUT2D eigenvalue weighted by Gasteiger charge is 2.41. The summed E-state index contributed by atoms with van der Waals surface area (Å²) in [6.45, 7) is 7.67. The number of hydrogen-bond donors (Lipinski definition) is 1. The van der Waals surface area contributed by atoms with Gasteiger partial charge in [-0.15, -0.1) is 22.7 Å². The number of nitrogens with zero attached hydrogens (tertiary/aromatic N) is 2. The van der Waals surface area contributed by atoms with Gasteiger partial charge in [0.1, 0.15) is 32.7 Å². The number of aromatic nitrogens is 2. The molecule has 66 heavy (non-hydrogen) atoms. The van der Waals surface area contributed by atoms with Crippen molar-refractivity contribution in [1.82, 2.24) is 9.97 Å². The molecule has 1 N–H and O–H groups in total. The summed E-state index contributed by atoms with van der Waals surface area (Å²) in [5.74, 6) is -1.13. The maximum absolute atomic E-state index is 12.9. The molecule has 0 radical (unpaired) electrons. The van der Waals surface area contributed by atoms with E-state index in [0.717, 1.165) is 53.5 Å². The van der Waals surface area contributed by atoms with E-state index < -0.39 is 42.1 Å². The van der Waals surface area contributed by atoms with E-state index in [1.807, 2.05) is 123 Å². The second-order valence-corrected chi connectivity index (χ2v) is 16.5. The van der Waals surface area contributed by atoms with E-state index in [9.17, 15) is 29.1 Å². The molecule has 8 rings (SSSR count). The van der Waals surface area contributed by atoms with Gasteiger partial charge in [0.05, 0.1) is 25.6 Å². The van der Waals surface area contributed by atoms with Crippen LogP contribution in [-0.4, -0.2) is 59.1 Å². The number of methoxy groups -OCH3 is 2. The van der Waals surface area contributed by atoms with Gasteiger partial charge >= 0.3 is 29.8 Å². The molecule has 2 unspecified atom stereocenters. The highest BCUT2D eigenvalue weighted by atomic mass is 32.1. The van der Waals surface area contributed by atoms with Gasteiger partial charge in [-0.2, -0.15) is 0 Å². The summed E-state index contributed by atoms with van der Waals surface area (Å²) in [5, 5.41) is 12.3. The zero-order chi connectivity index (χ0) is 47.5. The number of esters is 5. The lowest BCUT2D eigenvalue weighted by Crippen LogP contribution is -2.07. The topological polar surface area (TPSA) is 187 Å². The Bertz CT molecular complexity index is 2770. The minimum absolute atomic E-state index is 0.0857. The van der Waals surface area contributed by atoms with Crippen LogP contribution in [-0.2, 0) is 55.8 Å². The first kappa shape index (κ1) is 48.0. The summed E-state index contributed by atoms with van der Waals surface area (Å²) in [6.07, 6.45) is -0.213. The number of benzene rings is 4. The fourth-order valence-corrected chi connectivity index (χ4v) is 8.82. The number of aryl methyl sites for hydroxylation is 2. The SMILES string of the molecule is CC(=O)OC(C)=O.CCc1sc(-c2ccc(OC)cc2)nc1C1=C(O)C(c2ccccc2)OC1=O.CCc1sc(-c2ccc(OC)cc2)nc1C1=C(OC(C)=O)C(c2ccccc2)OC1=O. The van der Waals surface area contributed by atoms with Crippen LogP contribution in [0, 0.1) is 0 Å². The third-order valence-electron chi connectivity index (χ3n) is 9.78. The van der Waals surface area contributed by atoms with E-state index in [1.165, 1.54) is 43.4 Å². The largest absolute Gasteiger partial charge is 0.507 e. The molecule has 2 aliphatic rings. The molecule has 4 aromatic carbocycles. The van der Waals surface area contributed by atoms with Crippen molar-refractivity contribution in [3.8, 4) is 32.6 Å². The highest BCUT2D eigenvalue weighted by molar-refractivity contribution is 7.15. The van der Waals surface area contributed by atoms with Crippen molar-refractivity contribution in [3.05, 3.63) is 153 Å². The number of ether oxygens (including phenoxy) is 6. The van der Waals surface area contributed by atoms with Gasteiger partial charge in [-0.3, -0.25) is 14.4 Å². The van der Waals surface area contributed by atoms with Crippen LogP contribution in [0.2, 0.25) is 0 Å². The Balaban J connectivity index is 0.000000192. The molecule has 0 fully saturated rings. The van der Waals surface area contributed by atoms with Crippen molar-refractivity contribution in [2.45, 2.75) is 59.7 Å². The lowest BCUT2D eigenvalue weighted by molar-refractivity contribution is -0.156. The van der Waals surface area contributed by atoms with Gasteiger partial charge in [0.25, 0.3) is 0 Å². The van der Waals surface area contributed by atoms with Crippen LogP contribution >= 0.6 is 22.7 Å². The maximum Gasteiger partial charge on any atom is 0.345 e. The molecule has 2 aliphatic heterocycles. The van der Waals surface area contributed by atoms with Gasteiger partial charge in [0.15, 0.2) is 23.7 Å². The van der Waals surface area contributed by atoms with Crippen LogP contribution < -0.4 is 9.47 Å². The van der Waals surface area contributed by atoms with Crippen molar-refractivity contribution in [3.63, 3.8) is 0 Å². The Morgan fingerprint density at radius 1 is 0.591 bits per heavy atom. The lowest BCUT2D eigenvalue weighted by Gasteiger charge is -2.13. The number of thiazole rings is 2. The summed E-state index contributed by atoms with van der Waals surface area (Å²) in [7, 11) is 3.24. The third-order valence-corrected chi connectivity index (χ3v) is 12.3. The Kier molecular flexibility index (Phi) is 16.0. The molecule has 0 aliphatic carbocycles. The normalized spacial score (nSPS) is 15.1. The molecule has 0 amide bonds. The number of aliphatic hydroxyl groups excluding tert-OH is 1. The average molecular weight is 931 g/mol. The molecule has 2 atom stereocenters. The monoisotopic (exact) mass is 930 g/mol. The maximum atomic E-state index is 12.9. The van der Waals surface area contributed by atoms with Crippen molar-refractivity contribution < 1.29 is 57.5 Å². The first-order valence-corrected chi connectivity index (χ1v) is 22.2. The van der Waals surface area contributed by atoms with Gasteiger partial charge in [0, 0.05) is 52.8 Å². The smallest absolute Gasteiger partial charge is 0.345 e. The molecule has 0 bridgehead atoms. The number of rotatable bonds is 11. The fourth-order valence-electron chi connectivity index (χ4n) is 6.79. The number of carbonyl (C=O) groups excluding carboxylic acids is 5. The zero-order valence-electron chi connectivity index (χ0n) is 37.1. The minimum Gasteiger partial charge on any atom is -0.507 e. The van der Waals surface area contributed by atoms with Gasteiger partial charge < -0.3 is 33.5 Å². The van der Waals surface area contributed by atoms with E-state index in [2.05, 4.69) is 9.72 Å². The summed E-state index contributed by atoms with van der Waals surface area (Å²) < 4.78 is 31.0. The second-order valence-electron chi connectivity index (χ2n) is 14.3. The van der Waals surface area contributed by atoms with Crippen molar-refractivity contribution in [2.75, 3.05) is 14.2 Å². The van der Waals surface area contributed by atoms with Crippen LogP contribution in [0.5, 0.6) is 11.5 Å². The van der Waals surface area contributed by atoms with Crippen molar-refractivity contribution in [2.24, 2.45) is 0 Å². The zero-order valence-corrected chi connectivity index (χ0v) is 38.7. The van der Waals surface area contributed by atoms with Crippen molar-refractivity contribution >= 4 is 63.7 Å². The van der Waals surface area contributed by atoms with Crippen molar-refractivity contribution in [1.29, 1.82) is 0 Å². The summed E-state index contributed by atoms with van der Waals surface area (Å²) in [4.78, 5) is 68.2. The quantitative estimate of drug-likeness (QED) is 0.0735. The van der Waals surface area contributed by atoms with Gasteiger partial charge in [0.2, 0.25) is 0 Å².